The predicted molar refractivity (Wildman–Crippen MR) is 196 cm³/mol. The van der Waals surface area contributed by atoms with E-state index in [-0.39, 0.29) is 22.5 Å². The van der Waals surface area contributed by atoms with E-state index >= 15 is 0 Å². The summed E-state index contributed by atoms with van der Waals surface area (Å²) in [6.45, 7) is 2.83. The summed E-state index contributed by atoms with van der Waals surface area (Å²) in [6.07, 6.45) is 0. The fourth-order valence-electron chi connectivity index (χ4n) is 4.74. The highest BCUT2D eigenvalue weighted by Crippen LogP contribution is 2.28. The standard InChI is InChI=1S/C21H19N3O4.C16H17N3O4/c1-28-18-9-5-8-17(13-18)23-21(25)16-10-11-19(20(12-16)24(26)27)22-14-15-6-3-2-4-7-15;1-3-17-14-8-7-11(9-15(14)19(21)22)16(20)18-12-5-4-6-13(10-12)23-2/h2-13,22H,14H2,1H3,(H,23,25);4-10,17H,3H2,1-2H3,(H,18,20). The molecule has 5 aromatic carbocycles. The van der Waals surface area contributed by atoms with Crippen LogP contribution >= 0.6 is 0 Å². The van der Waals surface area contributed by atoms with Gasteiger partial charge in [0, 0.05) is 59.9 Å². The van der Waals surface area contributed by atoms with Crippen molar-refractivity contribution in [2.75, 3.05) is 42.0 Å². The fraction of sp³-hybridized carbons (Fsp3) is 0.135. The molecule has 0 fully saturated rings. The third-order valence-electron chi connectivity index (χ3n) is 7.26. The van der Waals surface area contributed by atoms with Gasteiger partial charge in [-0.05, 0) is 61.0 Å². The van der Waals surface area contributed by atoms with Crippen molar-refractivity contribution in [2.45, 2.75) is 13.5 Å². The van der Waals surface area contributed by atoms with Crippen molar-refractivity contribution in [3.05, 3.63) is 152 Å². The van der Waals surface area contributed by atoms with Crippen LogP contribution in [-0.2, 0) is 6.54 Å². The van der Waals surface area contributed by atoms with Gasteiger partial charge in [-0.15, -0.1) is 0 Å². The lowest BCUT2D eigenvalue weighted by Crippen LogP contribution is -2.13. The van der Waals surface area contributed by atoms with Gasteiger partial charge in [0.1, 0.15) is 22.9 Å². The van der Waals surface area contributed by atoms with E-state index in [9.17, 15) is 29.8 Å². The largest absolute Gasteiger partial charge is 0.497 e. The Kier molecular flexibility index (Phi) is 13.0. The lowest BCUT2D eigenvalue weighted by molar-refractivity contribution is -0.384. The average molecular weight is 693 g/mol. The van der Waals surface area contributed by atoms with Crippen LogP contribution in [0.2, 0.25) is 0 Å². The quantitative estimate of drug-likeness (QED) is 0.0702. The molecule has 0 heterocycles. The number of nitrogens with one attached hydrogen (secondary N) is 4. The topological polar surface area (TPSA) is 187 Å². The number of methoxy groups -OCH3 is 2. The predicted octanol–water partition coefficient (Wildman–Crippen LogP) is 7.76. The molecule has 0 saturated carbocycles. The average Bonchev–Trinajstić information content (AvgIpc) is 3.14. The molecule has 2 amide bonds. The summed E-state index contributed by atoms with van der Waals surface area (Å²) >= 11 is 0. The molecule has 0 aromatic heterocycles. The Morgan fingerprint density at radius 3 is 1.51 bits per heavy atom. The Balaban J connectivity index is 0.000000233. The van der Waals surface area contributed by atoms with Gasteiger partial charge in [-0.2, -0.15) is 0 Å². The third kappa shape index (κ3) is 10.5. The number of rotatable bonds is 13. The van der Waals surface area contributed by atoms with E-state index in [1.807, 2.05) is 37.3 Å². The Labute approximate surface area is 293 Å². The molecule has 0 bridgehead atoms. The van der Waals surface area contributed by atoms with Crippen LogP contribution in [0.1, 0.15) is 33.2 Å². The lowest BCUT2D eigenvalue weighted by Gasteiger charge is -2.10. The van der Waals surface area contributed by atoms with E-state index in [1.165, 1.54) is 32.4 Å². The summed E-state index contributed by atoms with van der Waals surface area (Å²) < 4.78 is 10.2. The number of hydrogen-bond donors (Lipinski definition) is 4. The zero-order valence-corrected chi connectivity index (χ0v) is 28.0. The second kappa shape index (κ2) is 18.0. The van der Waals surface area contributed by atoms with E-state index in [0.717, 1.165) is 5.56 Å². The van der Waals surface area contributed by atoms with Gasteiger partial charge in [0.2, 0.25) is 0 Å². The minimum atomic E-state index is -0.514. The zero-order valence-electron chi connectivity index (χ0n) is 28.0. The molecule has 4 N–H and O–H groups in total. The van der Waals surface area contributed by atoms with Crippen LogP contribution in [0.3, 0.4) is 0 Å². The summed E-state index contributed by atoms with van der Waals surface area (Å²) in [5.41, 5.74) is 2.94. The van der Waals surface area contributed by atoms with Crippen LogP contribution in [0, 0.1) is 20.2 Å². The Bertz CT molecular complexity index is 2010. The lowest BCUT2D eigenvalue weighted by atomic mass is 10.1. The molecule has 51 heavy (non-hydrogen) atoms. The molecule has 14 heteroatoms. The number of nitrogens with zero attached hydrogens (tertiary/aromatic N) is 2. The zero-order chi connectivity index (χ0) is 36.8. The summed E-state index contributed by atoms with van der Waals surface area (Å²) in [5, 5.41) is 34.0. The Morgan fingerprint density at radius 2 is 1.08 bits per heavy atom. The van der Waals surface area contributed by atoms with E-state index in [0.29, 0.717) is 47.3 Å². The highest BCUT2D eigenvalue weighted by molar-refractivity contribution is 6.06. The van der Waals surface area contributed by atoms with Gasteiger partial charge >= 0.3 is 0 Å². The van der Waals surface area contributed by atoms with E-state index in [1.54, 1.807) is 66.7 Å². The molecule has 5 aromatic rings. The third-order valence-corrected chi connectivity index (χ3v) is 7.26. The molecule has 0 aliphatic carbocycles. The maximum atomic E-state index is 12.5. The molecule has 0 saturated heterocycles. The minimum Gasteiger partial charge on any atom is -0.497 e. The van der Waals surface area contributed by atoms with Crippen LogP contribution in [0.15, 0.2) is 115 Å². The van der Waals surface area contributed by atoms with Crippen LogP contribution in [0.5, 0.6) is 11.5 Å². The van der Waals surface area contributed by atoms with Crippen molar-refractivity contribution in [3.63, 3.8) is 0 Å². The van der Waals surface area contributed by atoms with Crippen molar-refractivity contribution in [1.82, 2.24) is 0 Å². The highest BCUT2D eigenvalue weighted by Gasteiger charge is 2.19. The first-order valence-corrected chi connectivity index (χ1v) is 15.6. The van der Waals surface area contributed by atoms with E-state index in [2.05, 4.69) is 21.3 Å². The van der Waals surface area contributed by atoms with Crippen molar-refractivity contribution in [2.24, 2.45) is 0 Å². The summed E-state index contributed by atoms with van der Waals surface area (Å²) in [5.74, 6) is 0.343. The van der Waals surface area contributed by atoms with Crippen molar-refractivity contribution >= 4 is 45.9 Å². The molecule has 14 nitrogen and oxygen atoms in total. The first kappa shape index (κ1) is 36.9. The second-order valence-corrected chi connectivity index (χ2v) is 10.7. The number of carbonyl (C=O) groups is 2. The fourth-order valence-corrected chi connectivity index (χ4v) is 4.74. The van der Waals surface area contributed by atoms with E-state index < -0.39 is 21.7 Å². The molecular weight excluding hydrogens is 656 g/mol. The maximum absolute atomic E-state index is 12.5. The number of hydrogen-bond acceptors (Lipinski definition) is 10. The first-order chi connectivity index (χ1) is 24.6. The molecule has 0 aliphatic heterocycles. The molecule has 0 radical (unpaired) electrons. The summed E-state index contributed by atoms with van der Waals surface area (Å²) in [7, 11) is 3.06. The molecule has 262 valence electrons. The SMILES string of the molecule is CCNc1ccc(C(=O)Nc2cccc(OC)c2)cc1[N+](=O)[O-].COc1cccc(NC(=O)c2ccc(NCc3ccccc3)c([N+](=O)[O-])c2)c1. The highest BCUT2D eigenvalue weighted by atomic mass is 16.6. The van der Waals surface area contributed by atoms with Gasteiger partial charge in [0.25, 0.3) is 23.2 Å². The van der Waals surface area contributed by atoms with E-state index in [4.69, 9.17) is 9.47 Å². The van der Waals surface area contributed by atoms with Gasteiger partial charge in [0.15, 0.2) is 0 Å². The number of nitro groups is 2. The number of nitro benzene ring substituents is 2. The van der Waals surface area contributed by atoms with Crippen LogP contribution in [0.4, 0.5) is 34.1 Å². The van der Waals surface area contributed by atoms with Gasteiger partial charge in [-0.1, -0.05) is 42.5 Å². The number of benzene rings is 5. The van der Waals surface area contributed by atoms with Gasteiger partial charge in [-0.25, -0.2) is 0 Å². The monoisotopic (exact) mass is 692 g/mol. The van der Waals surface area contributed by atoms with Crippen LogP contribution < -0.4 is 30.7 Å². The summed E-state index contributed by atoms with van der Waals surface area (Å²) in [4.78, 5) is 46.3. The van der Waals surface area contributed by atoms with Crippen LogP contribution in [0.25, 0.3) is 0 Å². The van der Waals surface area contributed by atoms with Crippen LogP contribution in [-0.4, -0.2) is 42.4 Å². The van der Waals surface area contributed by atoms with Gasteiger partial charge in [-0.3, -0.25) is 29.8 Å². The molecular formula is C37H36N6O8. The number of ether oxygens (including phenoxy) is 2. The first-order valence-electron chi connectivity index (χ1n) is 15.6. The van der Waals surface area contributed by atoms with Crippen molar-refractivity contribution in [3.8, 4) is 11.5 Å². The Hall–Kier alpha value is -6.96. The number of amides is 2. The molecule has 0 unspecified atom stereocenters. The second-order valence-electron chi connectivity index (χ2n) is 10.7. The van der Waals surface area contributed by atoms with Crippen molar-refractivity contribution in [1.29, 1.82) is 0 Å². The smallest absolute Gasteiger partial charge is 0.293 e. The Morgan fingerprint density at radius 1 is 0.608 bits per heavy atom. The minimum absolute atomic E-state index is 0.134. The molecule has 0 aliphatic rings. The number of anilines is 4. The number of carbonyl (C=O) groups excluding carboxylic acids is 2. The molecule has 0 spiro atoms. The summed E-state index contributed by atoms with van der Waals surface area (Å²) in [6, 6.07) is 32.0. The molecule has 0 atom stereocenters. The maximum Gasteiger partial charge on any atom is 0.293 e. The van der Waals surface area contributed by atoms with Gasteiger partial charge in [0.05, 0.1) is 24.1 Å². The molecule has 5 rings (SSSR count). The van der Waals surface area contributed by atoms with Gasteiger partial charge < -0.3 is 30.7 Å². The normalized spacial score (nSPS) is 10.1. The van der Waals surface area contributed by atoms with Crippen molar-refractivity contribution < 1.29 is 28.9 Å².